The van der Waals surface area contributed by atoms with Gasteiger partial charge in [0.1, 0.15) is 0 Å². The molecule has 2 rings (SSSR count). The summed E-state index contributed by atoms with van der Waals surface area (Å²) in [7, 11) is 4.56. The molecule has 2 nitrogen and oxygen atoms in total. The van der Waals surface area contributed by atoms with E-state index in [1.165, 1.54) is 71.1 Å². The van der Waals surface area contributed by atoms with Crippen LogP contribution in [-0.2, 0) is 0 Å². The number of hydrogen-bond donors (Lipinski definition) is 2. The first-order valence-corrected chi connectivity index (χ1v) is 9.96. The smallest absolute Gasteiger partial charge is 0.0825 e. The van der Waals surface area contributed by atoms with Crippen LogP contribution >= 0.6 is 0 Å². The van der Waals surface area contributed by atoms with Gasteiger partial charge >= 0.3 is 0 Å². The predicted octanol–water partition coefficient (Wildman–Crippen LogP) is 1.90. The van der Waals surface area contributed by atoms with Gasteiger partial charge in [-0.1, -0.05) is 23.3 Å². The summed E-state index contributed by atoms with van der Waals surface area (Å²) in [6, 6.07) is 0. The van der Waals surface area contributed by atoms with Gasteiger partial charge < -0.3 is 9.80 Å². The number of rotatable bonds is 8. The van der Waals surface area contributed by atoms with Crippen molar-refractivity contribution < 1.29 is 9.80 Å². The molecular weight excluding hydrogens is 280 g/mol. The van der Waals surface area contributed by atoms with E-state index >= 15 is 0 Å². The van der Waals surface area contributed by atoms with Crippen molar-refractivity contribution >= 4 is 0 Å². The molecule has 132 valence electrons. The maximum absolute atomic E-state index is 2.50. The summed E-state index contributed by atoms with van der Waals surface area (Å²) >= 11 is 0. The Morgan fingerprint density at radius 1 is 0.870 bits per heavy atom. The van der Waals surface area contributed by atoms with Crippen molar-refractivity contribution in [1.29, 1.82) is 0 Å². The predicted molar refractivity (Wildman–Crippen MR) is 100 cm³/mol. The molecule has 0 aromatic heterocycles. The zero-order valence-electron chi connectivity index (χ0n) is 16.1. The Morgan fingerprint density at radius 2 is 1.39 bits per heavy atom. The number of nitrogens with one attached hydrogen (secondary N) is 2. The van der Waals surface area contributed by atoms with Crippen LogP contribution in [0.2, 0.25) is 0 Å². The van der Waals surface area contributed by atoms with Crippen molar-refractivity contribution in [3.8, 4) is 0 Å². The molecule has 0 fully saturated rings. The van der Waals surface area contributed by atoms with Gasteiger partial charge in [0, 0.05) is 18.3 Å². The van der Waals surface area contributed by atoms with Gasteiger partial charge in [-0.3, -0.25) is 0 Å². The molecule has 0 bridgehead atoms. The summed E-state index contributed by atoms with van der Waals surface area (Å²) in [5.74, 6) is 1.86. The van der Waals surface area contributed by atoms with Crippen LogP contribution in [0.4, 0.5) is 0 Å². The van der Waals surface area contributed by atoms with E-state index in [1.54, 1.807) is 16.0 Å². The van der Waals surface area contributed by atoms with Gasteiger partial charge in [-0.15, -0.1) is 0 Å². The minimum absolute atomic E-state index is 0.932. The van der Waals surface area contributed by atoms with Crippen LogP contribution in [0.25, 0.3) is 0 Å². The molecule has 2 N–H and O–H groups in total. The molecule has 3 atom stereocenters. The fourth-order valence-corrected chi connectivity index (χ4v) is 4.21. The zero-order valence-corrected chi connectivity index (χ0v) is 16.1. The lowest BCUT2D eigenvalue weighted by atomic mass is 9.88. The summed E-state index contributed by atoms with van der Waals surface area (Å²) in [6.07, 6.45) is 14.6. The Labute approximate surface area is 144 Å². The first-order chi connectivity index (χ1) is 11.0. The second-order valence-corrected chi connectivity index (χ2v) is 8.60. The van der Waals surface area contributed by atoms with E-state index in [9.17, 15) is 0 Å². The third-order valence-corrected chi connectivity index (χ3v) is 5.85. The molecular formula is C21H40N2+2. The topological polar surface area (TPSA) is 8.88 Å². The van der Waals surface area contributed by atoms with Crippen LogP contribution in [0.3, 0.4) is 0 Å². The Balaban J connectivity index is 1.83. The number of quaternary nitrogens is 2. The van der Waals surface area contributed by atoms with E-state index in [1.807, 2.05) is 4.90 Å². The summed E-state index contributed by atoms with van der Waals surface area (Å²) in [5, 5.41) is 0. The van der Waals surface area contributed by atoms with E-state index in [4.69, 9.17) is 0 Å². The van der Waals surface area contributed by atoms with Crippen LogP contribution in [0.1, 0.15) is 58.8 Å². The highest BCUT2D eigenvalue weighted by atomic mass is 15.1. The molecule has 0 saturated carbocycles. The minimum Gasteiger partial charge on any atom is -0.340 e. The molecule has 0 amide bonds. The molecule has 0 aromatic carbocycles. The van der Waals surface area contributed by atoms with Gasteiger partial charge in [0.2, 0.25) is 0 Å². The first kappa shape index (κ1) is 18.7. The number of allylic oxidation sites excluding steroid dienone is 4. The van der Waals surface area contributed by atoms with Crippen molar-refractivity contribution in [2.24, 2.45) is 11.8 Å². The lowest BCUT2D eigenvalue weighted by Crippen LogP contribution is -3.14. The molecule has 0 aromatic rings. The van der Waals surface area contributed by atoms with Crippen LogP contribution in [0.5, 0.6) is 0 Å². The Bertz CT molecular complexity index is 376. The fourth-order valence-electron chi connectivity index (χ4n) is 4.21. The molecule has 0 saturated heterocycles. The molecule has 0 aliphatic heterocycles. The Morgan fingerprint density at radius 3 is 1.78 bits per heavy atom. The van der Waals surface area contributed by atoms with Crippen molar-refractivity contribution in [1.82, 2.24) is 0 Å². The normalized spacial score (nSPS) is 26.8. The Kier molecular flexibility index (Phi) is 7.85. The second-order valence-electron chi connectivity index (χ2n) is 8.60. The lowest BCUT2D eigenvalue weighted by molar-refractivity contribution is -0.914. The monoisotopic (exact) mass is 320 g/mol. The van der Waals surface area contributed by atoms with Gasteiger partial charge in [-0.05, 0) is 52.4 Å². The summed E-state index contributed by atoms with van der Waals surface area (Å²) in [4.78, 5) is 3.49. The Hall–Kier alpha value is -0.600. The standard InChI is InChI=1S/C21H38N2/c1-18-6-10-20(11-7-18)16-23(15-5-14-22(3)4)17-21-12-8-19(2)9-13-21/h6,8,20-21H,5,7,9-17H2,1-4H3/p+2/t20-,21+. The van der Waals surface area contributed by atoms with Gasteiger partial charge in [0.05, 0.1) is 40.3 Å². The fraction of sp³-hybridized carbons (Fsp3) is 0.810. The first-order valence-electron chi connectivity index (χ1n) is 9.96. The molecule has 0 spiro atoms. The summed E-state index contributed by atoms with van der Waals surface area (Å²) in [5.41, 5.74) is 3.24. The highest BCUT2D eigenvalue weighted by Gasteiger charge is 2.23. The molecule has 2 heteroatoms. The maximum Gasteiger partial charge on any atom is 0.0825 e. The minimum atomic E-state index is 0.932. The van der Waals surface area contributed by atoms with E-state index in [-0.39, 0.29) is 0 Å². The summed E-state index contributed by atoms with van der Waals surface area (Å²) in [6.45, 7) is 10.1. The molecule has 0 heterocycles. The quantitative estimate of drug-likeness (QED) is 0.632. The third-order valence-electron chi connectivity index (χ3n) is 5.85. The van der Waals surface area contributed by atoms with E-state index < -0.39 is 0 Å². The molecule has 1 unspecified atom stereocenters. The van der Waals surface area contributed by atoms with Crippen molar-refractivity contribution in [2.45, 2.75) is 58.8 Å². The SMILES string of the molecule is CC1=CC[C@@H](C[NH+](CCC[NH+](C)C)C[C@H]2CC=C(C)CC2)CC1. The highest BCUT2D eigenvalue weighted by Crippen LogP contribution is 2.23. The van der Waals surface area contributed by atoms with Crippen molar-refractivity contribution in [3.63, 3.8) is 0 Å². The maximum atomic E-state index is 2.50. The third kappa shape index (κ3) is 7.22. The van der Waals surface area contributed by atoms with Crippen LogP contribution in [0, 0.1) is 11.8 Å². The van der Waals surface area contributed by atoms with Gasteiger partial charge in [0.25, 0.3) is 0 Å². The average Bonchev–Trinajstić information content (AvgIpc) is 2.51. The van der Waals surface area contributed by atoms with E-state index in [0.717, 1.165) is 11.8 Å². The average molecular weight is 321 g/mol. The van der Waals surface area contributed by atoms with E-state index in [0.29, 0.717) is 0 Å². The largest absolute Gasteiger partial charge is 0.340 e. The van der Waals surface area contributed by atoms with Gasteiger partial charge in [-0.25, -0.2) is 0 Å². The van der Waals surface area contributed by atoms with Crippen molar-refractivity contribution in [3.05, 3.63) is 23.3 Å². The second kappa shape index (κ2) is 9.64. The van der Waals surface area contributed by atoms with Crippen LogP contribution in [0.15, 0.2) is 23.3 Å². The molecule has 23 heavy (non-hydrogen) atoms. The summed E-state index contributed by atoms with van der Waals surface area (Å²) < 4.78 is 0. The molecule has 0 radical (unpaired) electrons. The highest BCUT2D eigenvalue weighted by molar-refractivity contribution is 5.03. The lowest BCUT2D eigenvalue weighted by Gasteiger charge is -2.30. The van der Waals surface area contributed by atoms with Gasteiger partial charge in [-0.2, -0.15) is 0 Å². The molecule has 2 aliphatic rings. The molecule has 2 aliphatic carbocycles. The van der Waals surface area contributed by atoms with E-state index in [2.05, 4.69) is 40.1 Å². The number of hydrogen-bond acceptors (Lipinski definition) is 0. The zero-order chi connectivity index (χ0) is 16.7. The van der Waals surface area contributed by atoms with Crippen molar-refractivity contribution in [2.75, 3.05) is 40.3 Å². The van der Waals surface area contributed by atoms with Crippen LogP contribution in [-0.4, -0.2) is 40.3 Å². The van der Waals surface area contributed by atoms with Gasteiger partial charge in [0.15, 0.2) is 0 Å². The van der Waals surface area contributed by atoms with Crippen LogP contribution < -0.4 is 9.80 Å².